The van der Waals surface area contributed by atoms with Gasteiger partial charge in [0.25, 0.3) is 5.91 Å². The first-order valence-electron chi connectivity index (χ1n) is 13.2. The van der Waals surface area contributed by atoms with E-state index < -0.39 is 0 Å². The van der Waals surface area contributed by atoms with Crippen LogP contribution in [0.1, 0.15) is 40.9 Å². The van der Waals surface area contributed by atoms with Gasteiger partial charge < -0.3 is 20.3 Å². The lowest BCUT2D eigenvalue weighted by atomic mass is 9.89. The van der Waals surface area contributed by atoms with Crippen LogP contribution in [-0.4, -0.2) is 48.0 Å². The molecule has 2 N–H and O–H groups in total. The van der Waals surface area contributed by atoms with Crippen molar-refractivity contribution in [1.29, 1.82) is 0 Å². The molecule has 8 nitrogen and oxygen atoms in total. The molecule has 1 aliphatic carbocycles. The van der Waals surface area contributed by atoms with E-state index in [0.717, 1.165) is 41.6 Å². The highest BCUT2D eigenvalue weighted by Crippen LogP contribution is 2.46. The van der Waals surface area contributed by atoms with Crippen LogP contribution in [0, 0.1) is 6.92 Å². The highest BCUT2D eigenvalue weighted by molar-refractivity contribution is 7.21. The summed E-state index contributed by atoms with van der Waals surface area (Å²) in [5, 5.41) is 7.05. The highest BCUT2D eigenvalue weighted by atomic mass is 32.1. The number of hydrogen-bond donors (Lipinski definition) is 2. The van der Waals surface area contributed by atoms with Gasteiger partial charge in [0.15, 0.2) is 0 Å². The predicted molar refractivity (Wildman–Crippen MR) is 156 cm³/mol. The number of hydrogen-bond acceptors (Lipinski definition) is 6. The van der Waals surface area contributed by atoms with Crippen molar-refractivity contribution in [1.82, 2.24) is 15.2 Å². The van der Waals surface area contributed by atoms with Crippen molar-refractivity contribution >= 4 is 50.6 Å². The number of ether oxygens (including phenoxy) is 1. The second kappa shape index (κ2) is 10.3. The number of pyridine rings is 1. The number of aryl methyl sites for hydroxylation is 1. The van der Waals surface area contributed by atoms with Crippen LogP contribution in [0.15, 0.2) is 60.8 Å². The lowest BCUT2D eigenvalue weighted by Crippen LogP contribution is -2.51. The molecule has 2 atom stereocenters. The molecule has 0 unspecified atom stereocenters. The van der Waals surface area contributed by atoms with E-state index in [0.29, 0.717) is 32.9 Å². The third kappa shape index (κ3) is 4.72. The van der Waals surface area contributed by atoms with Gasteiger partial charge in [0.1, 0.15) is 21.2 Å². The topological polar surface area (TPSA) is 86.8 Å². The van der Waals surface area contributed by atoms with E-state index in [1.54, 1.807) is 11.1 Å². The van der Waals surface area contributed by atoms with E-state index in [1.807, 2.05) is 61.5 Å². The third-order valence-electron chi connectivity index (χ3n) is 7.55. The molecule has 3 amide bonds. The summed E-state index contributed by atoms with van der Waals surface area (Å²) < 4.78 is 5.98. The first-order valence-corrected chi connectivity index (χ1v) is 14.1. The molecule has 3 heterocycles. The number of benzene rings is 2. The SMILES string of the molecule is Cc1cc(Oc2ccccc2)ccc1N1C(=O)Nc2c(C(=O)N[C@@H]3CCCC[C@H]3N(C)C)sc3nccc1c23. The second-order valence-electron chi connectivity index (χ2n) is 10.3. The Kier molecular flexibility index (Phi) is 6.70. The van der Waals surface area contributed by atoms with Crippen molar-refractivity contribution in [3.05, 3.63) is 71.2 Å². The van der Waals surface area contributed by atoms with E-state index in [1.165, 1.54) is 17.8 Å². The van der Waals surface area contributed by atoms with Gasteiger partial charge in [0, 0.05) is 18.3 Å². The molecular formula is C30H31N5O3S. The molecule has 2 aliphatic rings. The first kappa shape index (κ1) is 25.3. The molecule has 2 aromatic heterocycles. The van der Waals surface area contributed by atoms with Gasteiger partial charge in [-0.15, -0.1) is 11.3 Å². The van der Waals surface area contributed by atoms with Crippen molar-refractivity contribution in [2.24, 2.45) is 0 Å². The van der Waals surface area contributed by atoms with Crippen LogP contribution in [-0.2, 0) is 0 Å². The molecular weight excluding hydrogens is 510 g/mol. The Morgan fingerprint density at radius 2 is 1.87 bits per heavy atom. The van der Waals surface area contributed by atoms with E-state index in [4.69, 9.17) is 4.74 Å². The van der Waals surface area contributed by atoms with Crippen molar-refractivity contribution in [2.75, 3.05) is 24.3 Å². The molecule has 1 saturated carbocycles. The number of urea groups is 1. The van der Waals surface area contributed by atoms with Gasteiger partial charge in [-0.3, -0.25) is 9.69 Å². The fraction of sp³-hybridized carbons (Fsp3) is 0.300. The van der Waals surface area contributed by atoms with Crippen molar-refractivity contribution in [3.8, 4) is 11.5 Å². The number of rotatable bonds is 6. The quantitative estimate of drug-likeness (QED) is 0.284. The maximum absolute atomic E-state index is 13.6. The Balaban J connectivity index is 1.32. The summed E-state index contributed by atoms with van der Waals surface area (Å²) in [6.07, 6.45) is 5.96. The average molecular weight is 542 g/mol. The van der Waals surface area contributed by atoms with Crippen LogP contribution in [0.3, 0.4) is 0 Å². The largest absolute Gasteiger partial charge is 0.457 e. The summed E-state index contributed by atoms with van der Waals surface area (Å²) >= 11 is 1.32. The summed E-state index contributed by atoms with van der Waals surface area (Å²) in [7, 11) is 4.12. The van der Waals surface area contributed by atoms with Gasteiger partial charge >= 0.3 is 6.03 Å². The number of amides is 3. The van der Waals surface area contributed by atoms with E-state index in [2.05, 4.69) is 34.6 Å². The van der Waals surface area contributed by atoms with Crippen molar-refractivity contribution in [2.45, 2.75) is 44.7 Å². The Morgan fingerprint density at radius 3 is 2.64 bits per heavy atom. The third-order valence-corrected chi connectivity index (χ3v) is 8.65. The molecule has 39 heavy (non-hydrogen) atoms. The van der Waals surface area contributed by atoms with Gasteiger partial charge in [0.05, 0.1) is 22.4 Å². The Morgan fingerprint density at radius 1 is 1.08 bits per heavy atom. The molecule has 1 aliphatic heterocycles. The molecule has 1 fully saturated rings. The minimum atomic E-state index is -0.314. The zero-order valence-electron chi connectivity index (χ0n) is 22.2. The van der Waals surface area contributed by atoms with Crippen LogP contribution in [0.4, 0.5) is 21.9 Å². The number of thiophene rings is 1. The Labute approximate surface area is 231 Å². The number of carbonyl (C=O) groups is 2. The van der Waals surface area contributed by atoms with Gasteiger partial charge in [-0.1, -0.05) is 31.0 Å². The molecule has 4 aromatic rings. The van der Waals surface area contributed by atoms with Crippen LogP contribution >= 0.6 is 11.3 Å². The smallest absolute Gasteiger partial charge is 0.331 e. The summed E-state index contributed by atoms with van der Waals surface area (Å²) in [6, 6.07) is 17.1. The minimum absolute atomic E-state index is 0.0705. The van der Waals surface area contributed by atoms with E-state index >= 15 is 0 Å². The lowest BCUT2D eigenvalue weighted by Gasteiger charge is -2.36. The number of likely N-dealkylation sites (N-methyl/N-ethyl adjacent to an activating group) is 1. The maximum atomic E-state index is 13.6. The number of nitrogens with one attached hydrogen (secondary N) is 2. The van der Waals surface area contributed by atoms with Gasteiger partial charge in [-0.05, 0) is 75.8 Å². The van der Waals surface area contributed by atoms with Crippen LogP contribution in [0.2, 0.25) is 0 Å². The molecule has 0 bridgehead atoms. The van der Waals surface area contributed by atoms with Gasteiger partial charge in [-0.25, -0.2) is 9.78 Å². The molecule has 9 heteroatoms. The van der Waals surface area contributed by atoms with E-state index in [9.17, 15) is 9.59 Å². The summed E-state index contributed by atoms with van der Waals surface area (Å²) in [5.74, 6) is 1.27. The summed E-state index contributed by atoms with van der Waals surface area (Å²) in [5.41, 5.74) is 2.86. The molecule has 200 valence electrons. The molecule has 0 radical (unpaired) electrons. The zero-order chi connectivity index (χ0) is 27.1. The molecule has 2 aromatic carbocycles. The van der Waals surface area contributed by atoms with Crippen LogP contribution < -0.4 is 20.3 Å². The van der Waals surface area contributed by atoms with E-state index in [-0.39, 0.29) is 18.0 Å². The zero-order valence-corrected chi connectivity index (χ0v) is 23.0. The van der Waals surface area contributed by atoms with Crippen molar-refractivity contribution in [3.63, 3.8) is 0 Å². The Bertz CT molecular complexity index is 1550. The number of aromatic nitrogens is 1. The van der Waals surface area contributed by atoms with Gasteiger partial charge in [0.2, 0.25) is 0 Å². The average Bonchev–Trinajstić information content (AvgIpc) is 3.30. The van der Waals surface area contributed by atoms with Crippen LogP contribution in [0.25, 0.3) is 10.2 Å². The number of nitrogens with zero attached hydrogens (tertiary/aromatic N) is 3. The van der Waals surface area contributed by atoms with Gasteiger partial charge in [-0.2, -0.15) is 0 Å². The lowest BCUT2D eigenvalue weighted by molar-refractivity contribution is 0.0888. The van der Waals surface area contributed by atoms with Crippen LogP contribution in [0.5, 0.6) is 11.5 Å². The number of carbonyl (C=O) groups excluding carboxylic acids is 2. The fourth-order valence-electron chi connectivity index (χ4n) is 5.68. The number of para-hydroxylation sites is 1. The summed E-state index contributed by atoms with van der Waals surface area (Å²) in [4.78, 5) is 36.7. The monoisotopic (exact) mass is 541 g/mol. The molecule has 6 rings (SSSR count). The normalized spacial score (nSPS) is 18.8. The fourth-order valence-corrected chi connectivity index (χ4v) is 6.70. The summed E-state index contributed by atoms with van der Waals surface area (Å²) in [6.45, 7) is 1.95. The second-order valence-corrected chi connectivity index (χ2v) is 11.3. The minimum Gasteiger partial charge on any atom is -0.457 e. The number of anilines is 3. The predicted octanol–water partition coefficient (Wildman–Crippen LogP) is 6.68. The van der Waals surface area contributed by atoms with Crippen molar-refractivity contribution < 1.29 is 14.3 Å². The first-order chi connectivity index (χ1) is 18.9. The standard InChI is InChI=1S/C30H31N5O3S/c1-18-17-20(38-19-9-5-4-6-10-19)13-14-22(18)35-24-15-16-31-29-25(24)26(33-30(35)37)27(39-29)28(36)32-21-11-7-8-12-23(21)34(2)3/h4-6,9-10,13-17,21,23H,7-8,11-12H2,1-3H3,(H,32,36)(H,33,37)/t21-,23-/m1/s1. The molecule has 0 saturated heterocycles. The maximum Gasteiger partial charge on any atom is 0.331 e. The highest BCUT2D eigenvalue weighted by Gasteiger charge is 2.35. The molecule has 0 spiro atoms. The Hall–Kier alpha value is -3.95.